The standard InChI is InChI=1S/C28H28F2N2O5S/c1-38(35,36)32-24-16-19(11-13-25(24)33)26(34)17-31-23(15-18-7-3-2-4-8-18)21-12-14-27(37-28(29)30)22-10-6-5-9-20(21)22/h2-14,16,23,26,28,31-34H,15,17H2,1H3/t23-,26+/m1/s1. The summed E-state index contributed by atoms with van der Waals surface area (Å²) in [6.45, 7) is -2.87. The van der Waals surface area contributed by atoms with E-state index >= 15 is 0 Å². The first kappa shape index (κ1) is 27.3. The second kappa shape index (κ2) is 11.8. The smallest absolute Gasteiger partial charge is 0.387 e. The third-order valence-electron chi connectivity index (χ3n) is 6.05. The lowest BCUT2D eigenvalue weighted by Gasteiger charge is -2.24. The Morgan fingerprint density at radius 2 is 1.61 bits per heavy atom. The van der Waals surface area contributed by atoms with Crippen LogP contribution in [0.2, 0.25) is 0 Å². The molecule has 0 aromatic heterocycles. The number of aromatic hydroxyl groups is 1. The minimum atomic E-state index is -3.63. The molecule has 10 heteroatoms. The summed E-state index contributed by atoms with van der Waals surface area (Å²) in [4.78, 5) is 0. The quantitative estimate of drug-likeness (QED) is 0.196. The molecule has 0 saturated carbocycles. The van der Waals surface area contributed by atoms with Gasteiger partial charge in [0.1, 0.15) is 11.5 Å². The van der Waals surface area contributed by atoms with Gasteiger partial charge < -0.3 is 20.3 Å². The van der Waals surface area contributed by atoms with Crippen molar-refractivity contribution in [2.45, 2.75) is 25.2 Å². The number of hydrogen-bond acceptors (Lipinski definition) is 6. The van der Waals surface area contributed by atoms with Gasteiger partial charge in [0, 0.05) is 18.0 Å². The highest BCUT2D eigenvalue weighted by Gasteiger charge is 2.20. The average Bonchev–Trinajstić information content (AvgIpc) is 2.87. The number of rotatable bonds is 11. The first-order chi connectivity index (χ1) is 18.1. The fraction of sp³-hybridized carbons (Fsp3) is 0.214. The molecule has 0 saturated heterocycles. The molecular weight excluding hydrogens is 514 g/mol. The summed E-state index contributed by atoms with van der Waals surface area (Å²) in [5, 5.41) is 25.6. The van der Waals surface area contributed by atoms with Gasteiger partial charge in [0.25, 0.3) is 0 Å². The van der Waals surface area contributed by atoms with Crippen LogP contribution in [0.25, 0.3) is 10.8 Å². The van der Waals surface area contributed by atoms with Crippen LogP contribution in [0.3, 0.4) is 0 Å². The number of fused-ring (bicyclic) bond motifs is 1. The van der Waals surface area contributed by atoms with E-state index in [1.807, 2.05) is 42.5 Å². The van der Waals surface area contributed by atoms with Gasteiger partial charge in [0.15, 0.2) is 0 Å². The Balaban J connectivity index is 1.64. The second-order valence-corrected chi connectivity index (χ2v) is 10.6. The zero-order chi connectivity index (χ0) is 27.3. The number of phenolic OH excluding ortho intramolecular Hbond substituents is 1. The van der Waals surface area contributed by atoms with Gasteiger partial charge in [-0.3, -0.25) is 4.72 Å². The summed E-state index contributed by atoms with van der Waals surface area (Å²) in [6.07, 6.45) is 0.470. The summed E-state index contributed by atoms with van der Waals surface area (Å²) in [5.74, 6) is -0.188. The van der Waals surface area contributed by atoms with E-state index in [9.17, 15) is 27.4 Å². The Bertz CT molecular complexity index is 1500. The lowest BCUT2D eigenvalue weighted by molar-refractivity contribution is -0.0488. The Morgan fingerprint density at radius 1 is 0.921 bits per heavy atom. The molecule has 0 unspecified atom stereocenters. The molecule has 38 heavy (non-hydrogen) atoms. The summed E-state index contributed by atoms with van der Waals surface area (Å²) >= 11 is 0. The Morgan fingerprint density at radius 3 is 2.29 bits per heavy atom. The molecule has 0 aliphatic rings. The molecule has 0 spiro atoms. The normalized spacial score (nSPS) is 13.4. The molecule has 7 nitrogen and oxygen atoms in total. The van der Waals surface area contributed by atoms with Crippen LogP contribution in [0, 0.1) is 0 Å². The first-order valence-electron chi connectivity index (χ1n) is 11.8. The van der Waals surface area contributed by atoms with E-state index in [0.717, 1.165) is 22.8 Å². The minimum Gasteiger partial charge on any atom is -0.506 e. The minimum absolute atomic E-state index is 0.0366. The highest BCUT2D eigenvalue weighted by Crippen LogP contribution is 2.34. The lowest BCUT2D eigenvalue weighted by atomic mass is 9.93. The SMILES string of the molecule is CS(=O)(=O)Nc1cc([C@@H](O)CN[C@H](Cc2ccccc2)c2ccc(OC(F)F)c3ccccc23)ccc1O. The van der Waals surface area contributed by atoms with Gasteiger partial charge in [0.05, 0.1) is 18.0 Å². The number of alkyl halides is 2. The highest BCUT2D eigenvalue weighted by molar-refractivity contribution is 7.92. The Kier molecular flexibility index (Phi) is 8.45. The topological polar surface area (TPSA) is 108 Å². The van der Waals surface area contributed by atoms with E-state index in [4.69, 9.17) is 4.74 Å². The highest BCUT2D eigenvalue weighted by atomic mass is 32.2. The molecule has 0 amide bonds. The van der Waals surface area contributed by atoms with Gasteiger partial charge in [-0.05, 0) is 46.7 Å². The van der Waals surface area contributed by atoms with E-state index in [1.165, 1.54) is 24.3 Å². The van der Waals surface area contributed by atoms with Gasteiger partial charge in [-0.2, -0.15) is 8.78 Å². The van der Waals surface area contributed by atoms with Crippen LogP contribution in [-0.4, -0.2) is 38.0 Å². The number of nitrogens with one attached hydrogen (secondary N) is 2. The third-order valence-corrected chi connectivity index (χ3v) is 6.64. The van der Waals surface area contributed by atoms with E-state index in [0.29, 0.717) is 17.4 Å². The van der Waals surface area contributed by atoms with Crippen molar-refractivity contribution in [2.75, 3.05) is 17.5 Å². The maximum absolute atomic E-state index is 13.0. The van der Waals surface area contributed by atoms with Crippen molar-refractivity contribution in [3.8, 4) is 11.5 Å². The largest absolute Gasteiger partial charge is 0.506 e. The summed E-state index contributed by atoms with van der Waals surface area (Å²) in [6, 6.07) is 24.0. The first-order valence-corrected chi connectivity index (χ1v) is 13.7. The van der Waals surface area contributed by atoms with E-state index < -0.39 is 22.7 Å². The van der Waals surface area contributed by atoms with E-state index in [2.05, 4.69) is 10.0 Å². The number of anilines is 1. The summed E-state index contributed by atoms with van der Waals surface area (Å²) in [7, 11) is -3.63. The third kappa shape index (κ3) is 6.97. The predicted molar refractivity (Wildman–Crippen MR) is 143 cm³/mol. The van der Waals surface area contributed by atoms with Gasteiger partial charge in [-0.25, -0.2) is 8.42 Å². The zero-order valence-electron chi connectivity index (χ0n) is 20.5. The number of phenols is 1. The Hall–Kier alpha value is -3.73. The van der Waals surface area contributed by atoms with Crippen molar-refractivity contribution in [3.05, 3.63) is 102 Å². The average molecular weight is 543 g/mol. The van der Waals surface area contributed by atoms with Gasteiger partial charge in [-0.15, -0.1) is 0 Å². The Labute approximate surface area is 219 Å². The molecule has 0 heterocycles. The van der Waals surface area contributed by atoms with Crippen molar-refractivity contribution in [1.29, 1.82) is 0 Å². The zero-order valence-corrected chi connectivity index (χ0v) is 21.3. The van der Waals surface area contributed by atoms with Crippen molar-refractivity contribution < 1.29 is 32.1 Å². The van der Waals surface area contributed by atoms with Crippen LogP contribution in [0.15, 0.2) is 84.9 Å². The van der Waals surface area contributed by atoms with Crippen LogP contribution in [0.5, 0.6) is 11.5 Å². The summed E-state index contributed by atoms with van der Waals surface area (Å²) in [5.41, 5.74) is 2.22. The molecule has 4 aromatic rings. The molecule has 0 aliphatic heterocycles. The van der Waals surface area contributed by atoms with E-state index in [-0.39, 0.29) is 29.8 Å². The van der Waals surface area contributed by atoms with E-state index in [1.54, 1.807) is 18.2 Å². The number of ether oxygens (including phenoxy) is 1. The van der Waals surface area contributed by atoms with Gasteiger partial charge >= 0.3 is 6.61 Å². The molecule has 0 radical (unpaired) electrons. The van der Waals surface area contributed by atoms with Crippen molar-refractivity contribution in [2.24, 2.45) is 0 Å². The van der Waals surface area contributed by atoms with Crippen molar-refractivity contribution in [1.82, 2.24) is 5.32 Å². The van der Waals surface area contributed by atoms with Gasteiger partial charge in [0.2, 0.25) is 10.0 Å². The number of aliphatic hydroxyl groups is 1. The van der Waals surface area contributed by atoms with Crippen molar-refractivity contribution >= 4 is 26.5 Å². The van der Waals surface area contributed by atoms with Crippen LogP contribution < -0.4 is 14.8 Å². The fourth-order valence-electron chi connectivity index (χ4n) is 4.35. The van der Waals surface area contributed by atoms with Gasteiger partial charge in [-0.1, -0.05) is 66.7 Å². The number of halogens is 2. The molecule has 0 fully saturated rings. The second-order valence-electron chi connectivity index (χ2n) is 8.89. The number of hydrogen-bond donors (Lipinski definition) is 4. The monoisotopic (exact) mass is 542 g/mol. The molecule has 0 bridgehead atoms. The predicted octanol–water partition coefficient (Wildman–Crippen LogP) is 5.13. The van der Waals surface area contributed by atoms with Crippen LogP contribution >= 0.6 is 0 Å². The maximum Gasteiger partial charge on any atom is 0.387 e. The molecule has 4 N–H and O–H groups in total. The van der Waals surface area contributed by atoms with Crippen molar-refractivity contribution in [3.63, 3.8) is 0 Å². The van der Waals surface area contributed by atoms with Crippen LogP contribution in [0.1, 0.15) is 28.8 Å². The molecule has 0 aliphatic carbocycles. The molecule has 4 aromatic carbocycles. The molecular formula is C28H28F2N2O5S. The van der Waals surface area contributed by atoms with Crippen LogP contribution in [-0.2, 0) is 16.4 Å². The number of benzene rings is 4. The molecule has 200 valence electrons. The van der Waals surface area contributed by atoms with Crippen LogP contribution in [0.4, 0.5) is 14.5 Å². The molecule has 2 atom stereocenters. The summed E-state index contributed by atoms with van der Waals surface area (Å²) < 4.78 is 56.2. The maximum atomic E-state index is 13.0. The lowest BCUT2D eigenvalue weighted by Crippen LogP contribution is -2.28. The molecule has 4 rings (SSSR count). The number of aliphatic hydroxyl groups excluding tert-OH is 1. The fourth-order valence-corrected chi connectivity index (χ4v) is 4.92. The number of sulfonamides is 1.